The van der Waals surface area contributed by atoms with E-state index in [-0.39, 0.29) is 51.8 Å². The summed E-state index contributed by atoms with van der Waals surface area (Å²) in [5.74, 6) is -2.30. The van der Waals surface area contributed by atoms with Crippen molar-refractivity contribution in [1.82, 2.24) is 4.90 Å². The van der Waals surface area contributed by atoms with Crippen molar-refractivity contribution in [3.63, 3.8) is 0 Å². The number of methoxy groups -OCH3 is 2. The number of nitro benzene ring substituents is 2. The maximum Gasteiger partial charge on any atom is 0.338 e. The molecule has 212 valence electrons. The second kappa shape index (κ2) is 13.2. The van der Waals surface area contributed by atoms with Gasteiger partial charge in [-0.05, 0) is 18.6 Å². The molecule has 1 aliphatic heterocycles. The van der Waals surface area contributed by atoms with Gasteiger partial charge in [-0.3, -0.25) is 25.1 Å². The van der Waals surface area contributed by atoms with E-state index in [1.165, 1.54) is 12.1 Å². The summed E-state index contributed by atoms with van der Waals surface area (Å²) in [6, 6.07) is 5.88. The number of rotatable bonds is 11. The Kier molecular flexibility index (Phi) is 10.1. The number of nitrogens with zero attached hydrogens (tertiary/aromatic N) is 4. The Morgan fingerprint density at radius 2 is 1.43 bits per heavy atom. The zero-order valence-electron chi connectivity index (χ0n) is 21.1. The average molecular weight is 597 g/mol. The standard InChI is InChI=1S/C24H22Cl2N4O10/c1-37-23(31)14-5-17(29(33)34)21(25)19(7-14)39-11-16(28-4-3-13(9-27)10-28)12-40-20-8-15(24(32)38-2)6-18(22(20)26)30(35)36/h5-8,13,16H,3-4,10-12H2,1-2H3. The van der Waals surface area contributed by atoms with Crippen molar-refractivity contribution in [1.29, 1.82) is 5.26 Å². The largest absolute Gasteiger partial charge is 0.490 e. The lowest BCUT2D eigenvalue weighted by Gasteiger charge is -2.28. The van der Waals surface area contributed by atoms with Crippen molar-refractivity contribution in [3.05, 3.63) is 65.7 Å². The van der Waals surface area contributed by atoms with E-state index in [2.05, 4.69) is 15.5 Å². The van der Waals surface area contributed by atoms with E-state index in [0.29, 0.717) is 19.5 Å². The fourth-order valence-electron chi connectivity index (χ4n) is 3.97. The first kappa shape index (κ1) is 30.4. The Bertz CT molecular complexity index is 1290. The second-order valence-corrected chi connectivity index (χ2v) is 9.25. The van der Waals surface area contributed by atoms with Crippen LogP contribution < -0.4 is 9.47 Å². The van der Waals surface area contributed by atoms with Crippen molar-refractivity contribution >= 4 is 46.5 Å². The lowest BCUT2D eigenvalue weighted by atomic mass is 10.1. The van der Waals surface area contributed by atoms with Gasteiger partial charge >= 0.3 is 11.9 Å². The number of carbonyl (C=O) groups excluding carboxylic acids is 2. The molecule has 1 fully saturated rings. The second-order valence-electron chi connectivity index (χ2n) is 8.50. The molecule has 0 radical (unpaired) electrons. The highest BCUT2D eigenvalue weighted by atomic mass is 35.5. The third-order valence-electron chi connectivity index (χ3n) is 6.06. The smallest absolute Gasteiger partial charge is 0.338 e. The predicted octanol–water partition coefficient (Wildman–Crippen LogP) is 4.05. The molecule has 0 aliphatic carbocycles. The summed E-state index contributed by atoms with van der Waals surface area (Å²) in [4.78, 5) is 47.3. The average Bonchev–Trinajstić information content (AvgIpc) is 3.42. The van der Waals surface area contributed by atoms with Crippen molar-refractivity contribution < 1.29 is 38.4 Å². The van der Waals surface area contributed by atoms with Gasteiger partial charge in [0.2, 0.25) is 0 Å². The van der Waals surface area contributed by atoms with Gasteiger partial charge in [-0.15, -0.1) is 0 Å². The summed E-state index contributed by atoms with van der Waals surface area (Å²) in [5, 5.41) is 31.6. The normalized spacial score (nSPS) is 14.8. The van der Waals surface area contributed by atoms with Crippen LogP contribution in [0.5, 0.6) is 11.5 Å². The monoisotopic (exact) mass is 596 g/mol. The number of benzene rings is 2. The summed E-state index contributed by atoms with van der Waals surface area (Å²) >= 11 is 12.4. The quantitative estimate of drug-likeness (QED) is 0.206. The maximum atomic E-state index is 12.0. The third-order valence-corrected chi connectivity index (χ3v) is 6.82. The van der Waals surface area contributed by atoms with Gasteiger partial charge in [0.05, 0.1) is 53.2 Å². The van der Waals surface area contributed by atoms with Crippen LogP contribution in [0.2, 0.25) is 10.0 Å². The number of ether oxygens (including phenoxy) is 4. The van der Waals surface area contributed by atoms with Crippen LogP contribution in [0.1, 0.15) is 27.1 Å². The molecule has 0 saturated carbocycles. The molecular formula is C24H22Cl2N4O10. The summed E-state index contributed by atoms with van der Waals surface area (Å²) in [6.07, 6.45) is 0.557. The number of nitro groups is 2. The lowest BCUT2D eigenvalue weighted by Crippen LogP contribution is -2.42. The van der Waals surface area contributed by atoms with E-state index in [0.717, 1.165) is 26.4 Å². The van der Waals surface area contributed by atoms with Gasteiger partial charge in [0, 0.05) is 25.2 Å². The molecule has 1 aliphatic rings. The first-order chi connectivity index (χ1) is 19.0. The molecular weight excluding hydrogens is 575 g/mol. The molecule has 3 rings (SSSR count). The zero-order valence-corrected chi connectivity index (χ0v) is 22.6. The first-order valence-corrected chi connectivity index (χ1v) is 12.3. The van der Waals surface area contributed by atoms with E-state index in [9.17, 15) is 35.1 Å². The minimum Gasteiger partial charge on any atom is -0.490 e. The number of carbonyl (C=O) groups is 2. The van der Waals surface area contributed by atoms with Crippen LogP contribution in [-0.2, 0) is 9.47 Å². The van der Waals surface area contributed by atoms with Crippen molar-refractivity contribution in [2.45, 2.75) is 12.5 Å². The molecule has 1 saturated heterocycles. The number of esters is 2. The van der Waals surface area contributed by atoms with Gasteiger partial charge in [-0.2, -0.15) is 5.26 Å². The summed E-state index contributed by atoms with van der Waals surface area (Å²) in [5.41, 5.74) is -1.47. The highest BCUT2D eigenvalue weighted by Crippen LogP contribution is 2.37. The minimum atomic E-state index is -0.845. The molecule has 1 unspecified atom stereocenters. The van der Waals surface area contributed by atoms with Crippen LogP contribution in [0, 0.1) is 37.5 Å². The molecule has 16 heteroatoms. The van der Waals surface area contributed by atoms with Crippen molar-refractivity contribution in [2.24, 2.45) is 5.92 Å². The lowest BCUT2D eigenvalue weighted by molar-refractivity contribution is -0.384. The van der Waals surface area contributed by atoms with E-state index >= 15 is 0 Å². The van der Waals surface area contributed by atoms with Gasteiger partial charge in [-0.25, -0.2) is 9.59 Å². The van der Waals surface area contributed by atoms with Crippen molar-refractivity contribution in [3.8, 4) is 17.6 Å². The number of nitriles is 1. The molecule has 1 heterocycles. The number of hydrogen-bond acceptors (Lipinski definition) is 12. The minimum absolute atomic E-state index is 0.161. The van der Waals surface area contributed by atoms with E-state index in [4.69, 9.17) is 32.7 Å². The molecule has 0 amide bonds. The summed E-state index contributed by atoms with van der Waals surface area (Å²) < 4.78 is 20.9. The number of hydrogen-bond donors (Lipinski definition) is 0. The van der Waals surface area contributed by atoms with Gasteiger partial charge in [0.15, 0.2) is 10.0 Å². The van der Waals surface area contributed by atoms with Crippen LogP contribution >= 0.6 is 23.2 Å². The Labute approximate surface area is 237 Å². The fraction of sp³-hybridized carbons (Fsp3) is 0.375. The van der Waals surface area contributed by atoms with Crippen LogP contribution in [-0.4, -0.2) is 73.2 Å². The van der Waals surface area contributed by atoms with E-state index in [1.54, 1.807) is 0 Å². The van der Waals surface area contributed by atoms with Crippen LogP contribution in [0.3, 0.4) is 0 Å². The molecule has 0 spiro atoms. The molecule has 0 bridgehead atoms. The molecule has 0 N–H and O–H groups in total. The topological polar surface area (TPSA) is 184 Å². The van der Waals surface area contributed by atoms with Crippen LogP contribution in [0.25, 0.3) is 0 Å². The summed E-state index contributed by atoms with van der Waals surface area (Å²) in [6.45, 7) is 0.452. The molecule has 40 heavy (non-hydrogen) atoms. The Hall–Kier alpha value is -4.19. The van der Waals surface area contributed by atoms with Crippen molar-refractivity contribution in [2.75, 3.05) is 40.5 Å². The first-order valence-electron chi connectivity index (χ1n) is 11.5. The molecule has 2 aromatic rings. The summed E-state index contributed by atoms with van der Waals surface area (Å²) in [7, 11) is 2.22. The molecule has 2 aromatic carbocycles. The third kappa shape index (κ3) is 6.87. The Morgan fingerprint density at radius 1 is 0.975 bits per heavy atom. The highest BCUT2D eigenvalue weighted by molar-refractivity contribution is 6.34. The fourth-order valence-corrected chi connectivity index (χ4v) is 4.43. The number of halogens is 2. The molecule has 1 atom stereocenters. The molecule has 0 aromatic heterocycles. The van der Waals surface area contributed by atoms with Gasteiger partial charge in [0.25, 0.3) is 11.4 Å². The van der Waals surface area contributed by atoms with Crippen LogP contribution in [0.15, 0.2) is 24.3 Å². The van der Waals surface area contributed by atoms with Crippen LogP contribution in [0.4, 0.5) is 11.4 Å². The zero-order chi connectivity index (χ0) is 29.6. The van der Waals surface area contributed by atoms with Gasteiger partial charge in [0.1, 0.15) is 24.7 Å². The Balaban J connectivity index is 1.92. The van der Waals surface area contributed by atoms with Gasteiger partial charge in [-0.1, -0.05) is 23.2 Å². The van der Waals surface area contributed by atoms with Gasteiger partial charge < -0.3 is 18.9 Å². The molecule has 14 nitrogen and oxygen atoms in total. The van der Waals surface area contributed by atoms with E-state index < -0.39 is 39.2 Å². The SMILES string of the molecule is COC(=O)c1cc(OCC(COc2cc(C(=O)OC)cc([N+](=O)[O-])c2Cl)N2CCC(C#N)C2)c(Cl)c([N+](=O)[O-])c1. The number of likely N-dealkylation sites (tertiary alicyclic amines) is 1. The Morgan fingerprint density at radius 3 is 1.77 bits per heavy atom. The highest BCUT2D eigenvalue weighted by Gasteiger charge is 2.31. The predicted molar refractivity (Wildman–Crippen MR) is 139 cm³/mol. The maximum absolute atomic E-state index is 12.0. The van der Waals surface area contributed by atoms with E-state index in [1.807, 2.05) is 4.90 Å².